The summed E-state index contributed by atoms with van der Waals surface area (Å²) < 4.78 is 5.10. The van der Waals surface area contributed by atoms with Gasteiger partial charge in [0, 0.05) is 5.69 Å². The lowest BCUT2D eigenvalue weighted by molar-refractivity contribution is 0.159. The number of nitrogens with zero attached hydrogens (tertiary/aromatic N) is 2. The number of hydrogen-bond acceptors (Lipinski definition) is 3. The average molecular weight is 342 g/mol. The first-order valence-corrected chi connectivity index (χ1v) is 8.16. The van der Waals surface area contributed by atoms with Gasteiger partial charge in [-0.05, 0) is 37.1 Å². The maximum atomic E-state index is 12.4. The summed E-state index contributed by atoms with van der Waals surface area (Å²) in [6, 6.07) is 16.1. The van der Waals surface area contributed by atoms with Crippen LogP contribution in [-0.2, 0) is 11.2 Å². The number of carboxylic acid groups (broad SMARTS) is 1. The Morgan fingerprint density at radius 1 is 0.960 bits per heavy atom. The SMILES string of the molecule is CCOC(=O)N(CN(C(=O)O)c1ccccc1CC)c1ccccc1. The van der Waals surface area contributed by atoms with E-state index in [9.17, 15) is 14.7 Å². The summed E-state index contributed by atoms with van der Waals surface area (Å²) in [5.74, 6) is 0. The first-order valence-electron chi connectivity index (χ1n) is 8.16. The quantitative estimate of drug-likeness (QED) is 0.792. The first kappa shape index (κ1) is 18.3. The number of carbonyl (C=O) groups excluding carboxylic acids is 1. The second-order valence-electron chi connectivity index (χ2n) is 5.30. The molecule has 0 atom stereocenters. The van der Waals surface area contributed by atoms with Gasteiger partial charge in [-0.2, -0.15) is 0 Å². The Hall–Kier alpha value is -3.02. The number of aryl methyl sites for hydroxylation is 1. The van der Waals surface area contributed by atoms with Crippen molar-refractivity contribution in [3.8, 4) is 0 Å². The van der Waals surface area contributed by atoms with Crippen molar-refractivity contribution in [3.05, 3.63) is 60.2 Å². The molecule has 2 aromatic carbocycles. The van der Waals surface area contributed by atoms with Gasteiger partial charge < -0.3 is 9.84 Å². The predicted molar refractivity (Wildman–Crippen MR) is 97.1 cm³/mol. The maximum Gasteiger partial charge on any atom is 0.415 e. The highest BCUT2D eigenvalue weighted by atomic mass is 16.6. The van der Waals surface area contributed by atoms with E-state index in [1.54, 1.807) is 43.3 Å². The van der Waals surface area contributed by atoms with Gasteiger partial charge in [-0.3, -0.25) is 9.80 Å². The molecule has 0 fully saturated rings. The molecule has 6 nitrogen and oxygen atoms in total. The molecule has 0 saturated heterocycles. The van der Waals surface area contributed by atoms with Gasteiger partial charge in [0.05, 0.1) is 12.3 Å². The van der Waals surface area contributed by atoms with Crippen LogP contribution < -0.4 is 9.80 Å². The standard InChI is InChI=1S/C19H22N2O4/c1-3-15-10-8-9-13-17(15)21(18(22)23)14-20(19(24)25-4-2)16-11-6-5-7-12-16/h5-13H,3-4,14H2,1-2H3,(H,22,23). The lowest BCUT2D eigenvalue weighted by Crippen LogP contribution is -2.44. The van der Waals surface area contributed by atoms with Crippen LogP contribution in [0.15, 0.2) is 54.6 Å². The lowest BCUT2D eigenvalue weighted by Gasteiger charge is -2.29. The molecule has 0 aromatic heterocycles. The Balaban J connectivity index is 2.39. The monoisotopic (exact) mass is 342 g/mol. The zero-order chi connectivity index (χ0) is 18.2. The zero-order valence-corrected chi connectivity index (χ0v) is 14.4. The van der Waals surface area contributed by atoms with E-state index in [2.05, 4.69) is 0 Å². The molecule has 0 aliphatic heterocycles. The summed E-state index contributed by atoms with van der Waals surface area (Å²) in [6.07, 6.45) is -1.04. The second kappa shape index (κ2) is 8.73. The summed E-state index contributed by atoms with van der Waals surface area (Å²) >= 11 is 0. The minimum Gasteiger partial charge on any atom is -0.465 e. The van der Waals surface area contributed by atoms with Gasteiger partial charge in [0.25, 0.3) is 0 Å². The Labute approximate surface area is 147 Å². The Morgan fingerprint density at radius 2 is 1.60 bits per heavy atom. The van der Waals surface area contributed by atoms with Crippen LogP contribution in [0.5, 0.6) is 0 Å². The van der Waals surface area contributed by atoms with Gasteiger partial charge in [-0.25, -0.2) is 9.59 Å². The molecule has 0 aliphatic carbocycles. The van der Waals surface area contributed by atoms with Crippen molar-refractivity contribution < 1.29 is 19.4 Å². The molecule has 0 radical (unpaired) electrons. The molecule has 0 unspecified atom stereocenters. The smallest absolute Gasteiger partial charge is 0.415 e. The number of ether oxygens (including phenoxy) is 1. The molecule has 0 saturated carbocycles. The van der Waals surface area contributed by atoms with Gasteiger partial charge in [0.15, 0.2) is 0 Å². The van der Waals surface area contributed by atoms with Crippen LogP contribution in [-0.4, -0.2) is 30.6 Å². The third kappa shape index (κ3) is 4.50. The number of carbonyl (C=O) groups is 2. The Bertz CT molecular complexity index is 718. The zero-order valence-electron chi connectivity index (χ0n) is 14.4. The van der Waals surface area contributed by atoms with Crippen LogP contribution >= 0.6 is 0 Å². The number of hydrogen-bond donors (Lipinski definition) is 1. The molecule has 25 heavy (non-hydrogen) atoms. The van der Waals surface area contributed by atoms with E-state index in [1.807, 2.05) is 25.1 Å². The van der Waals surface area contributed by atoms with E-state index in [-0.39, 0.29) is 13.3 Å². The normalized spacial score (nSPS) is 10.2. The third-order valence-corrected chi connectivity index (χ3v) is 3.73. The van der Waals surface area contributed by atoms with Crippen LogP contribution in [0.1, 0.15) is 19.4 Å². The summed E-state index contributed by atoms with van der Waals surface area (Å²) in [7, 11) is 0. The van der Waals surface area contributed by atoms with Crippen molar-refractivity contribution >= 4 is 23.6 Å². The van der Waals surface area contributed by atoms with Gasteiger partial charge in [0.1, 0.15) is 6.67 Å². The maximum absolute atomic E-state index is 12.4. The van der Waals surface area contributed by atoms with Crippen molar-refractivity contribution in [2.24, 2.45) is 0 Å². The Morgan fingerprint density at radius 3 is 2.20 bits per heavy atom. The van der Waals surface area contributed by atoms with E-state index in [0.717, 1.165) is 10.5 Å². The van der Waals surface area contributed by atoms with Crippen LogP contribution in [0.2, 0.25) is 0 Å². The molecule has 0 heterocycles. The third-order valence-electron chi connectivity index (χ3n) is 3.73. The van der Waals surface area contributed by atoms with Crippen LogP contribution in [0.25, 0.3) is 0 Å². The summed E-state index contributed by atoms with van der Waals surface area (Å²) in [5, 5.41) is 9.70. The molecule has 1 N–H and O–H groups in total. The topological polar surface area (TPSA) is 70.1 Å². The molecule has 2 rings (SSSR count). The van der Waals surface area contributed by atoms with E-state index in [4.69, 9.17) is 4.74 Å². The highest BCUT2D eigenvalue weighted by Crippen LogP contribution is 2.24. The Kier molecular flexibility index (Phi) is 6.39. The molecule has 0 aliphatic rings. The largest absolute Gasteiger partial charge is 0.465 e. The van der Waals surface area contributed by atoms with E-state index in [1.165, 1.54) is 4.90 Å². The van der Waals surface area contributed by atoms with Gasteiger partial charge in [0.2, 0.25) is 0 Å². The molecule has 0 bridgehead atoms. The second-order valence-corrected chi connectivity index (χ2v) is 5.30. The lowest BCUT2D eigenvalue weighted by atomic mass is 10.1. The molecule has 132 valence electrons. The van der Waals surface area contributed by atoms with E-state index < -0.39 is 12.2 Å². The fourth-order valence-corrected chi connectivity index (χ4v) is 2.51. The van der Waals surface area contributed by atoms with Crippen molar-refractivity contribution in [2.45, 2.75) is 20.3 Å². The van der Waals surface area contributed by atoms with Crippen molar-refractivity contribution in [1.82, 2.24) is 0 Å². The summed E-state index contributed by atoms with van der Waals surface area (Å²) in [4.78, 5) is 26.7. The fourth-order valence-electron chi connectivity index (χ4n) is 2.51. The van der Waals surface area contributed by atoms with Gasteiger partial charge >= 0.3 is 12.2 Å². The number of anilines is 2. The molecule has 2 amide bonds. The van der Waals surface area contributed by atoms with Crippen LogP contribution in [0.4, 0.5) is 21.0 Å². The van der Waals surface area contributed by atoms with E-state index >= 15 is 0 Å². The molecular weight excluding hydrogens is 320 g/mol. The number of benzene rings is 2. The predicted octanol–water partition coefficient (Wildman–Crippen LogP) is 4.35. The van der Waals surface area contributed by atoms with Gasteiger partial charge in [-0.1, -0.05) is 43.3 Å². The van der Waals surface area contributed by atoms with Crippen LogP contribution in [0, 0.1) is 0 Å². The molecule has 2 aromatic rings. The van der Waals surface area contributed by atoms with Crippen LogP contribution in [0.3, 0.4) is 0 Å². The van der Waals surface area contributed by atoms with Crippen molar-refractivity contribution in [2.75, 3.05) is 23.1 Å². The summed E-state index contributed by atoms with van der Waals surface area (Å²) in [6.45, 7) is 3.72. The number of amides is 2. The fraction of sp³-hybridized carbons (Fsp3) is 0.263. The van der Waals surface area contributed by atoms with E-state index in [0.29, 0.717) is 17.8 Å². The highest BCUT2D eigenvalue weighted by molar-refractivity contribution is 5.93. The molecule has 0 spiro atoms. The van der Waals surface area contributed by atoms with Crippen molar-refractivity contribution in [1.29, 1.82) is 0 Å². The number of rotatable bonds is 6. The van der Waals surface area contributed by atoms with Crippen molar-refractivity contribution in [3.63, 3.8) is 0 Å². The minimum absolute atomic E-state index is 0.158. The average Bonchev–Trinajstić information content (AvgIpc) is 2.63. The minimum atomic E-state index is -1.13. The number of para-hydroxylation sites is 2. The highest BCUT2D eigenvalue weighted by Gasteiger charge is 2.25. The summed E-state index contributed by atoms with van der Waals surface area (Å²) in [5.41, 5.74) is 2.02. The van der Waals surface area contributed by atoms with Gasteiger partial charge in [-0.15, -0.1) is 0 Å². The molecule has 6 heteroatoms. The molecular formula is C19H22N2O4. The first-order chi connectivity index (χ1) is 12.1.